The Labute approximate surface area is 102 Å². The van der Waals surface area contributed by atoms with Crippen LogP contribution in [0.4, 0.5) is 0 Å². The Morgan fingerprint density at radius 2 is 2.12 bits per heavy atom. The molecule has 0 bridgehead atoms. The van der Waals surface area contributed by atoms with Crippen molar-refractivity contribution in [1.29, 1.82) is 0 Å². The molecule has 0 amide bonds. The zero-order valence-corrected chi connectivity index (χ0v) is 10.2. The van der Waals surface area contributed by atoms with Crippen LogP contribution in [0.2, 0.25) is 0 Å². The van der Waals surface area contributed by atoms with Gasteiger partial charge in [0, 0.05) is 11.6 Å². The van der Waals surface area contributed by atoms with Gasteiger partial charge in [-0.25, -0.2) is 0 Å². The summed E-state index contributed by atoms with van der Waals surface area (Å²) in [4.78, 5) is 4.56. The van der Waals surface area contributed by atoms with Gasteiger partial charge in [0.25, 0.3) is 0 Å². The van der Waals surface area contributed by atoms with E-state index in [2.05, 4.69) is 34.6 Å². The maximum Gasteiger partial charge on any atom is 0.0736 e. The summed E-state index contributed by atoms with van der Waals surface area (Å²) in [6.07, 6.45) is 4.55. The first-order chi connectivity index (χ1) is 8.40. The minimum absolute atomic E-state index is 0.695. The zero-order valence-electron chi connectivity index (χ0n) is 10.2. The van der Waals surface area contributed by atoms with Gasteiger partial charge in [-0.2, -0.15) is 0 Å². The molecule has 1 aliphatic rings. The van der Waals surface area contributed by atoms with Crippen molar-refractivity contribution in [2.45, 2.75) is 18.8 Å². The van der Waals surface area contributed by atoms with Crippen LogP contribution in [-0.4, -0.2) is 18.6 Å². The predicted molar refractivity (Wildman–Crippen MR) is 71.1 cm³/mol. The van der Waals surface area contributed by atoms with Gasteiger partial charge in [-0.05, 0) is 49.9 Å². The summed E-state index contributed by atoms with van der Waals surface area (Å²) in [6, 6.07) is 10.7. The highest BCUT2D eigenvalue weighted by Gasteiger charge is 2.32. The van der Waals surface area contributed by atoms with Crippen molar-refractivity contribution in [2.24, 2.45) is 5.92 Å². The molecule has 0 saturated heterocycles. The fourth-order valence-corrected chi connectivity index (χ4v) is 2.91. The molecular weight excluding hydrogens is 208 g/mol. The smallest absolute Gasteiger partial charge is 0.0736 e. The average molecular weight is 226 g/mol. The molecule has 1 aromatic heterocycles. The van der Waals surface area contributed by atoms with Crippen molar-refractivity contribution >= 4 is 10.9 Å². The third-order valence-electron chi connectivity index (χ3n) is 3.95. The van der Waals surface area contributed by atoms with Gasteiger partial charge in [0.1, 0.15) is 0 Å². The third kappa shape index (κ3) is 1.83. The van der Waals surface area contributed by atoms with Gasteiger partial charge in [0.05, 0.1) is 5.52 Å². The van der Waals surface area contributed by atoms with E-state index in [9.17, 15) is 0 Å². The lowest BCUT2D eigenvalue weighted by Gasteiger charge is -2.37. The minimum atomic E-state index is 0.695. The Hall–Kier alpha value is -1.41. The van der Waals surface area contributed by atoms with Crippen LogP contribution in [0.1, 0.15) is 24.3 Å². The second kappa shape index (κ2) is 4.46. The van der Waals surface area contributed by atoms with E-state index >= 15 is 0 Å². The van der Waals surface area contributed by atoms with Crippen molar-refractivity contribution in [2.75, 3.05) is 13.6 Å². The molecule has 0 aliphatic heterocycles. The summed E-state index contributed by atoms with van der Waals surface area (Å²) < 4.78 is 0. The van der Waals surface area contributed by atoms with Crippen LogP contribution in [0.25, 0.3) is 10.9 Å². The van der Waals surface area contributed by atoms with Crippen molar-refractivity contribution < 1.29 is 0 Å². The summed E-state index contributed by atoms with van der Waals surface area (Å²) >= 11 is 0. The molecule has 1 aliphatic carbocycles. The molecule has 88 valence electrons. The fourth-order valence-electron chi connectivity index (χ4n) is 2.91. The standard InChI is InChI=1S/C15H18N2/c1-16-10-12-7-8-13(12)14-6-2-4-11-5-3-9-17-15(11)14/h2-6,9,12-13,16H,7-8,10H2,1H3. The molecule has 0 radical (unpaired) electrons. The molecule has 2 heteroatoms. The maximum absolute atomic E-state index is 4.56. The first kappa shape index (κ1) is 10.7. The van der Waals surface area contributed by atoms with Gasteiger partial charge in [-0.1, -0.05) is 24.3 Å². The molecule has 1 fully saturated rings. The molecule has 2 unspecified atom stereocenters. The molecule has 3 rings (SSSR count). The molecule has 1 heterocycles. The van der Waals surface area contributed by atoms with E-state index in [0.29, 0.717) is 5.92 Å². The maximum atomic E-state index is 4.56. The number of benzene rings is 1. The quantitative estimate of drug-likeness (QED) is 0.870. The number of nitrogens with zero attached hydrogens (tertiary/aromatic N) is 1. The Balaban J connectivity index is 2.00. The summed E-state index contributed by atoms with van der Waals surface area (Å²) in [5.74, 6) is 1.48. The van der Waals surface area contributed by atoms with Crippen LogP contribution in [0.15, 0.2) is 36.5 Å². The Bertz CT molecular complexity index is 516. The molecule has 2 atom stereocenters. The van der Waals surface area contributed by atoms with E-state index in [-0.39, 0.29) is 0 Å². The van der Waals surface area contributed by atoms with Crippen LogP contribution >= 0.6 is 0 Å². The first-order valence-electron chi connectivity index (χ1n) is 6.38. The molecule has 2 aromatic rings. The van der Waals surface area contributed by atoms with Gasteiger partial charge in [-0.3, -0.25) is 4.98 Å². The number of hydrogen-bond donors (Lipinski definition) is 1. The van der Waals surface area contributed by atoms with Gasteiger partial charge in [0.15, 0.2) is 0 Å². The van der Waals surface area contributed by atoms with Crippen LogP contribution in [0.3, 0.4) is 0 Å². The lowest BCUT2D eigenvalue weighted by atomic mass is 9.69. The Morgan fingerprint density at radius 1 is 1.24 bits per heavy atom. The topological polar surface area (TPSA) is 24.9 Å². The fraction of sp³-hybridized carbons (Fsp3) is 0.400. The normalized spacial score (nSPS) is 23.6. The lowest BCUT2D eigenvalue weighted by Crippen LogP contribution is -2.32. The average Bonchev–Trinajstić information content (AvgIpc) is 2.35. The molecule has 0 spiro atoms. The first-order valence-corrected chi connectivity index (χ1v) is 6.38. The summed E-state index contributed by atoms with van der Waals surface area (Å²) in [7, 11) is 2.04. The van der Waals surface area contributed by atoms with Gasteiger partial charge in [0.2, 0.25) is 0 Å². The number of rotatable bonds is 3. The zero-order chi connectivity index (χ0) is 11.7. The lowest BCUT2D eigenvalue weighted by molar-refractivity contribution is 0.252. The van der Waals surface area contributed by atoms with E-state index in [1.54, 1.807) is 0 Å². The highest BCUT2D eigenvalue weighted by molar-refractivity contribution is 5.82. The van der Waals surface area contributed by atoms with Gasteiger partial charge < -0.3 is 5.32 Å². The van der Waals surface area contributed by atoms with Crippen molar-refractivity contribution in [3.63, 3.8) is 0 Å². The molecule has 1 saturated carbocycles. The number of fused-ring (bicyclic) bond motifs is 1. The number of para-hydroxylation sites is 1. The summed E-state index contributed by atoms with van der Waals surface area (Å²) in [5.41, 5.74) is 2.63. The third-order valence-corrected chi connectivity index (χ3v) is 3.95. The second-order valence-corrected chi connectivity index (χ2v) is 4.92. The predicted octanol–water partition coefficient (Wildman–Crippen LogP) is 2.95. The van der Waals surface area contributed by atoms with E-state index in [1.807, 2.05) is 19.3 Å². The molecule has 1 aromatic carbocycles. The number of hydrogen-bond acceptors (Lipinski definition) is 2. The number of nitrogens with one attached hydrogen (secondary N) is 1. The van der Waals surface area contributed by atoms with E-state index in [4.69, 9.17) is 0 Å². The van der Waals surface area contributed by atoms with Crippen LogP contribution in [-0.2, 0) is 0 Å². The van der Waals surface area contributed by atoms with Gasteiger partial charge in [-0.15, -0.1) is 0 Å². The Morgan fingerprint density at radius 3 is 2.88 bits per heavy atom. The summed E-state index contributed by atoms with van der Waals surface area (Å²) in [6.45, 7) is 1.12. The highest BCUT2D eigenvalue weighted by atomic mass is 14.8. The van der Waals surface area contributed by atoms with Crippen molar-refractivity contribution in [1.82, 2.24) is 10.3 Å². The Kier molecular flexibility index (Phi) is 2.81. The largest absolute Gasteiger partial charge is 0.319 e. The second-order valence-electron chi connectivity index (χ2n) is 4.92. The summed E-state index contributed by atoms with van der Waals surface area (Å²) in [5, 5.41) is 4.56. The minimum Gasteiger partial charge on any atom is -0.319 e. The molecule has 2 nitrogen and oxygen atoms in total. The molecule has 1 N–H and O–H groups in total. The van der Waals surface area contributed by atoms with E-state index in [1.165, 1.54) is 29.3 Å². The number of pyridine rings is 1. The SMILES string of the molecule is CNCC1CCC1c1cccc2cccnc12. The van der Waals surface area contributed by atoms with Crippen molar-refractivity contribution in [3.05, 3.63) is 42.1 Å². The van der Waals surface area contributed by atoms with E-state index in [0.717, 1.165) is 12.5 Å². The van der Waals surface area contributed by atoms with Crippen LogP contribution in [0.5, 0.6) is 0 Å². The van der Waals surface area contributed by atoms with Crippen molar-refractivity contribution in [3.8, 4) is 0 Å². The van der Waals surface area contributed by atoms with Crippen LogP contribution in [0, 0.1) is 5.92 Å². The monoisotopic (exact) mass is 226 g/mol. The van der Waals surface area contributed by atoms with Crippen LogP contribution < -0.4 is 5.32 Å². The molecule has 17 heavy (non-hydrogen) atoms. The van der Waals surface area contributed by atoms with Gasteiger partial charge >= 0.3 is 0 Å². The van der Waals surface area contributed by atoms with E-state index < -0.39 is 0 Å². The highest BCUT2D eigenvalue weighted by Crippen LogP contribution is 2.43. The number of aromatic nitrogens is 1. The molecular formula is C15H18N2.